The number of hydrogen-bond acceptors (Lipinski definition) is 4. The average Bonchev–Trinajstić information content (AvgIpc) is 3.93. The molecule has 0 aliphatic carbocycles. The van der Waals surface area contributed by atoms with Crippen LogP contribution in [0.3, 0.4) is 0 Å². The first-order valence-corrected chi connectivity index (χ1v) is 17.7. The van der Waals surface area contributed by atoms with E-state index in [1.807, 2.05) is 60.7 Å². The molecule has 0 saturated carbocycles. The highest BCUT2D eigenvalue weighted by atomic mass is 32.1. The van der Waals surface area contributed by atoms with Crippen LogP contribution in [0.25, 0.3) is 53.2 Å². The standard InChI is InChI=1S/C48H29BN2OS/c1-4-16-30(17-5-1)31-28-38-44-39(29-31)51(33-20-8-3-9-21-33)46-45(49(44)36-24-12-13-25-37(36)50(38)32-18-6-2-7-19-32)47-42(34-22-10-14-26-40(34)52-47)43-35-23-11-15-27-41(35)53-48(43)46/h1-29H/i1D,2D,3D,4D,5D,6D,7D,8D,9D,16D,17D,18D,19D,20D,21D. The van der Waals surface area contributed by atoms with Gasteiger partial charge in [0.1, 0.15) is 11.2 Å². The van der Waals surface area contributed by atoms with Crippen LogP contribution in [0.5, 0.6) is 0 Å². The summed E-state index contributed by atoms with van der Waals surface area (Å²) in [6, 6.07) is 16.9. The largest absolute Gasteiger partial charge is 0.456 e. The van der Waals surface area contributed by atoms with Crippen LogP contribution in [0.1, 0.15) is 20.6 Å². The number of anilines is 6. The molecule has 0 unspecified atom stereocenters. The van der Waals surface area contributed by atoms with Crippen molar-refractivity contribution in [2.24, 2.45) is 0 Å². The zero-order chi connectivity index (χ0) is 47.7. The molecule has 0 N–H and O–H groups in total. The van der Waals surface area contributed by atoms with Crippen LogP contribution in [0.4, 0.5) is 34.1 Å². The van der Waals surface area contributed by atoms with Crippen molar-refractivity contribution in [3.05, 3.63) is 176 Å². The van der Waals surface area contributed by atoms with Gasteiger partial charge in [-0.15, -0.1) is 11.3 Å². The van der Waals surface area contributed by atoms with E-state index in [0.29, 0.717) is 43.6 Å². The van der Waals surface area contributed by atoms with Crippen LogP contribution in [0.15, 0.2) is 180 Å². The lowest BCUT2D eigenvalue weighted by Crippen LogP contribution is -2.61. The van der Waals surface area contributed by atoms with Crippen LogP contribution >= 0.6 is 11.3 Å². The number of fused-ring (bicyclic) bond motifs is 13. The maximum atomic E-state index is 9.58. The summed E-state index contributed by atoms with van der Waals surface area (Å²) in [5.74, 6) is 0. The predicted octanol–water partition coefficient (Wildman–Crippen LogP) is 11.7. The van der Waals surface area contributed by atoms with Crippen molar-refractivity contribution in [3.63, 3.8) is 0 Å². The lowest BCUT2D eigenvalue weighted by molar-refractivity contribution is 0.671. The van der Waals surface area contributed by atoms with E-state index in [-0.39, 0.29) is 33.9 Å². The molecular formula is C48H29BN2OS. The molecule has 0 fully saturated rings. The monoisotopic (exact) mass is 707 g/mol. The summed E-state index contributed by atoms with van der Waals surface area (Å²) in [6.07, 6.45) is 0. The van der Waals surface area contributed by atoms with E-state index < -0.39 is 97.3 Å². The normalized spacial score (nSPS) is 17.1. The molecule has 12 rings (SSSR count). The number of para-hydroxylation sites is 4. The number of nitrogens with zero attached hydrogens (tertiary/aromatic N) is 2. The molecule has 5 heteroatoms. The fourth-order valence-electron chi connectivity index (χ4n) is 8.32. The van der Waals surface area contributed by atoms with Crippen molar-refractivity contribution in [1.82, 2.24) is 0 Å². The van der Waals surface area contributed by atoms with Gasteiger partial charge in [0.2, 0.25) is 0 Å². The van der Waals surface area contributed by atoms with Crippen molar-refractivity contribution < 1.29 is 25.0 Å². The highest BCUT2D eigenvalue weighted by Crippen LogP contribution is 2.53. The minimum absolute atomic E-state index is 0.0458. The Balaban J connectivity index is 1.37. The Morgan fingerprint density at radius 2 is 1.17 bits per heavy atom. The smallest absolute Gasteiger partial charge is 0.257 e. The summed E-state index contributed by atoms with van der Waals surface area (Å²) in [6.45, 7) is -0.833. The van der Waals surface area contributed by atoms with Crippen LogP contribution < -0.4 is 26.2 Å². The van der Waals surface area contributed by atoms with Crippen molar-refractivity contribution >= 4 is 111 Å². The molecule has 246 valence electrons. The van der Waals surface area contributed by atoms with Crippen molar-refractivity contribution in [2.75, 3.05) is 9.80 Å². The summed E-state index contributed by atoms with van der Waals surface area (Å²) >= 11 is 1.45. The molecule has 8 aromatic carbocycles. The maximum absolute atomic E-state index is 9.58. The first-order chi connectivity index (χ1) is 32.5. The van der Waals surface area contributed by atoms with E-state index >= 15 is 0 Å². The fraction of sp³-hybridized carbons (Fsp3) is 0. The van der Waals surface area contributed by atoms with E-state index in [1.165, 1.54) is 16.2 Å². The van der Waals surface area contributed by atoms with Crippen molar-refractivity contribution in [1.29, 1.82) is 0 Å². The van der Waals surface area contributed by atoms with Gasteiger partial charge in [0.15, 0.2) is 0 Å². The molecule has 2 aliphatic rings. The Hall–Kier alpha value is -6.56. The van der Waals surface area contributed by atoms with Gasteiger partial charge in [-0.1, -0.05) is 121 Å². The molecule has 0 atom stereocenters. The third kappa shape index (κ3) is 4.00. The van der Waals surface area contributed by atoms with Gasteiger partial charge >= 0.3 is 0 Å². The van der Waals surface area contributed by atoms with Gasteiger partial charge < -0.3 is 14.2 Å². The van der Waals surface area contributed by atoms with E-state index in [4.69, 9.17) is 16.8 Å². The number of rotatable bonds is 3. The Labute approximate surface area is 331 Å². The fourth-order valence-corrected chi connectivity index (χ4v) is 9.57. The summed E-state index contributed by atoms with van der Waals surface area (Å²) in [5.41, 5.74) is 3.07. The van der Waals surface area contributed by atoms with Gasteiger partial charge in [-0.25, -0.2) is 0 Å². The van der Waals surface area contributed by atoms with Crippen molar-refractivity contribution in [3.8, 4) is 11.1 Å². The highest BCUT2D eigenvalue weighted by Gasteiger charge is 2.46. The molecule has 0 amide bonds. The molecule has 0 spiro atoms. The van der Waals surface area contributed by atoms with Crippen LogP contribution in [-0.4, -0.2) is 6.71 Å². The first-order valence-electron chi connectivity index (χ1n) is 24.4. The van der Waals surface area contributed by atoms with Crippen molar-refractivity contribution in [2.45, 2.75) is 0 Å². The van der Waals surface area contributed by atoms with E-state index in [1.54, 1.807) is 29.2 Å². The Kier molecular flexibility index (Phi) is 3.78. The lowest BCUT2D eigenvalue weighted by atomic mass is 9.33. The number of hydrogen-bond donors (Lipinski definition) is 0. The van der Waals surface area contributed by atoms with Gasteiger partial charge in [0.25, 0.3) is 6.71 Å². The van der Waals surface area contributed by atoms with Gasteiger partial charge in [0.05, 0.1) is 30.9 Å². The number of furan rings is 1. The molecule has 0 bridgehead atoms. The van der Waals surface area contributed by atoms with Crippen LogP contribution in [0.2, 0.25) is 0 Å². The SMILES string of the molecule is [2H]c1c([2H])c([2H])c(-c2cc3c4c(c2)N(c2c([2H])c([2H])c([2H])c([2H])c2[2H])c2c(c5oc6ccccc6c5c5c2sc2ccccc25)B4c2ccccc2N3c2c([2H])c([2H])c([2H])c([2H])c2[2H])c([2H])c1[2H]. The molecule has 0 saturated heterocycles. The third-order valence-electron chi connectivity index (χ3n) is 10.3. The predicted molar refractivity (Wildman–Crippen MR) is 226 cm³/mol. The topological polar surface area (TPSA) is 19.6 Å². The Morgan fingerprint density at radius 1 is 0.547 bits per heavy atom. The zero-order valence-corrected chi connectivity index (χ0v) is 28.2. The minimum Gasteiger partial charge on any atom is -0.456 e. The molecule has 53 heavy (non-hydrogen) atoms. The second-order valence-corrected chi connectivity index (χ2v) is 14.0. The van der Waals surface area contributed by atoms with Gasteiger partial charge in [-0.2, -0.15) is 0 Å². The highest BCUT2D eigenvalue weighted by molar-refractivity contribution is 7.27. The summed E-state index contributed by atoms with van der Waals surface area (Å²) < 4.78 is 143. The summed E-state index contributed by atoms with van der Waals surface area (Å²) in [5, 5.41) is 3.25. The van der Waals surface area contributed by atoms with E-state index in [0.717, 1.165) is 26.2 Å². The van der Waals surface area contributed by atoms with E-state index in [9.17, 15) is 8.22 Å². The van der Waals surface area contributed by atoms with Crippen LogP contribution in [0, 0.1) is 0 Å². The Morgan fingerprint density at radius 3 is 1.94 bits per heavy atom. The van der Waals surface area contributed by atoms with Crippen LogP contribution in [-0.2, 0) is 0 Å². The van der Waals surface area contributed by atoms with E-state index in [2.05, 4.69) is 0 Å². The second kappa shape index (κ2) is 11.0. The van der Waals surface area contributed by atoms with Gasteiger partial charge in [0, 0.05) is 54.7 Å². The summed E-state index contributed by atoms with van der Waals surface area (Å²) in [7, 11) is 0. The minimum atomic E-state index is -0.833. The average molecular weight is 708 g/mol. The molecule has 2 aromatic heterocycles. The molecule has 4 heterocycles. The lowest BCUT2D eigenvalue weighted by Gasteiger charge is -2.44. The van der Waals surface area contributed by atoms with Gasteiger partial charge in [-0.3, -0.25) is 0 Å². The zero-order valence-electron chi connectivity index (χ0n) is 42.4. The molecular weight excluding hydrogens is 663 g/mol. The second-order valence-electron chi connectivity index (χ2n) is 12.9. The molecule has 2 aliphatic heterocycles. The number of thiophene rings is 1. The quantitative estimate of drug-likeness (QED) is 0.171. The molecule has 3 nitrogen and oxygen atoms in total. The molecule has 10 aromatic rings. The van der Waals surface area contributed by atoms with Gasteiger partial charge in [-0.05, 0) is 82.0 Å². The summed E-state index contributed by atoms with van der Waals surface area (Å²) in [4.78, 5) is 3.10. The third-order valence-corrected chi connectivity index (χ3v) is 11.5. The number of benzene rings is 8. The molecule has 0 radical (unpaired) electrons. The maximum Gasteiger partial charge on any atom is 0.257 e. The first kappa shape index (κ1) is 18.3. The Bertz CT molecular complexity index is 3900.